The fourth-order valence-electron chi connectivity index (χ4n) is 1.97. The van der Waals surface area contributed by atoms with Gasteiger partial charge in [0.1, 0.15) is 6.54 Å². The molecule has 104 valence electrons. The van der Waals surface area contributed by atoms with Crippen LogP contribution in [0, 0.1) is 5.92 Å². The third-order valence-corrected chi connectivity index (χ3v) is 3.24. The molecule has 1 aliphatic heterocycles. The molecule has 1 heterocycles. The lowest BCUT2D eigenvalue weighted by atomic mass is 10.0. The highest BCUT2D eigenvalue weighted by Crippen LogP contribution is 2.09. The van der Waals surface area contributed by atoms with Crippen LogP contribution in [-0.4, -0.2) is 47.5 Å². The van der Waals surface area contributed by atoms with E-state index >= 15 is 0 Å². The SMILES string of the molecule is CCN1CN(C(=O)N[C@H](C)CCC(C)C)CC1=O. The van der Waals surface area contributed by atoms with Crippen LogP contribution in [0.4, 0.5) is 4.79 Å². The highest BCUT2D eigenvalue weighted by molar-refractivity contribution is 5.87. The topological polar surface area (TPSA) is 52.6 Å². The van der Waals surface area contributed by atoms with Crippen LogP contribution >= 0.6 is 0 Å². The molecule has 1 rings (SSSR count). The van der Waals surface area contributed by atoms with Gasteiger partial charge in [0, 0.05) is 12.6 Å². The minimum absolute atomic E-state index is 0.0301. The summed E-state index contributed by atoms with van der Waals surface area (Å²) in [5.74, 6) is 0.677. The van der Waals surface area contributed by atoms with Crippen molar-refractivity contribution < 1.29 is 9.59 Å². The van der Waals surface area contributed by atoms with Gasteiger partial charge in [0.15, 0.2) is 0 Å². The van der Waals surface area contributed by atoms with Crippen LogP contribution in [0.3, 0.4) is 0 Å². The van der Waals surface area contributed by atoms with Crippen LogP contribution in [-0.2, 0) is 4.79 Å². The molecular weight excluding hydrogens is 230 g/mol. The van der Waals surface area contributed by atoms with Gasteiger partial charge in [-0.2, -0.15) is 0 Å². The summed E-state index contributed by atoms with van der Waals surface area (Å²) >= 11 is 0. The molecular formula is C13H25N3O2. The van der Waals surface area contributed by atoms with Gasteiger partial charge in [-0.15, -0.1) is 0 Å². The highest BCUT2D eigenvalue weighted by atomic mass is 16.2. The zero-order valence-corrected chi connectivity index (χ0v) is 11.9. The summed E-state index contributed by atoms with van der Waals surface area (Å²) in [6.07, 6.45) is 2.07. The average Bonchev–Trinajstić information content (AvgIpc) is 2.68. The Morgan fingerprint density at radius 1 is 1.33 bits per heavy atom. The molecule has 0 unspecified atom stereocenters. The van der Waals surface area contributed by atoms with Crippen LogP contribution in [0.2, 0.25) is 0 Å². The number of rotatable bonds is 5. The third kappa shape index (κ3) is 4.20. The van der Waals surface area contributed by atoms with Crippen molar-refractivity contribution in [1.82, 2.24) is 15.1 Å². The Morgan fingerprint density at radius 2 is 2.00 bits per heavy atom. The predicted octanol–water partition coefficient (Wildman–Crippen LogP) is 1.64. The van der Waals surface area contributed by atoms with Gasteiger partial charge in [-0.3, -0.25) is 9.69 Å². The summed E-state index contributed by atoms with van der Waals surface area (Å²) < 4.78 is 0. The number of urea groups is 1. The van der Waals surface area contributed by atoms with E-state index in [1.54, 1.807) is 9.80 Å². The normalized spacial score (nSPS) is 17.5. The van der Waals surface area contributed by atoms with E-state index in [-0.39, 0.29) is 24.5 Å². The molecule has 0 aliphatic carbocycles. The molecule has 0 spiro atoms. The molecule has 0 radical (unpaired) electrons. The molecule has 5 heteroatoms. The second-order valence-corrected chi connectivity index (χ2v) is 5.41. The number of nitrogens with zero attached hydrogens (tertiary/aromatic N) is 2. The smallest absolute Gasteiger partial charge is 0.319 e. The summed E-state index contributed by atoms with van der Waals surface area (Å²) in [5.41, 5.74) is 0. The maximum absolute atomic E-state index is 11.9. The van der Waals surface area contributed by atoms with Crippen LogP contribution in [0.15, 0.2) is 0 Å². The summed E-state index contributed by atoms with van der Waals surface area (Å²) in [4.78, 5) is 26.7. The molecule has 1 atom stereocenters. The Morgan fingerprint density at radius 3 is 2.50 bits per heavy atom. The first kappa shape index (κ1) is 14.8. The van der Waals surface area contributed by atoms with E-state index in [1.165, 1.54) is 0 Å². The number of hydrogen-bond acceptors (Lipinski definition) is 2. The molecule has 0 bridgehead atoms. The van der Waals surface area contributed by atoms with Gasteiger partial charge in [0.2, 0.25) is 5.91 Å². The predicted molar refractivity (Wildman–Crippen MR) is 71.0 cm³/mol. The minimum atomic E-state index is -0.129. The molecule has 0 aromatic heterocycles. The number of nitrogens with one attached hydrogen (secondary N) is 1. The minimum Gasteiger partial charge on any atom is -0.335 e. The van der Waals surface area contributed by atoms with Crippen molar-refractivity contribution in [3.8, 4) is 0 Å². The zero-order chi connectivity index (χ0) is 13.7. The number of amides is 3. The van der Waals surface area contributed by atoms with Gasteiger partial charge < -0.3 is 10.2 Å². The molecule has 1 saturated heterocycles. The standard InChI is InChI=1S/C13H25N3O2/c1-5-15-9-16(8-12(15)17)13(18)14-11(4)7-6-10(2)3/h10-11H,5-9H2,1-4H3,(H,14,18)/t11-/m1/s1. The maximum atomic E-state index is 11.9. The second-order valence-electron chi connectivity index (χ2n) is 5.41. The first-order valence-electron chi connectivity index (χ1n) is 6.77. The summed E-state index contributed by atoms with van der Waals surface area (Å²) in [5, 5.41) is 2.95. The van der Waals surface area contributed by atoms with Crippen LogP contribution in [0.1, 0.15) is 40.5 Å². The van der Waals surface area contributed by atoms with E-state index in [0.29, 0.717) is 19.1 Å². The Kier molecular flexibility index (Phi) is 5.44. The van der Waals surface area contributed by atoms with E-state index in [2.05, 4.69) is 19.2 Å². The highest BCUT2D eigenvalue weighted by Gasteiger charge is 2.29. The Labute approximate surface area is 110 Å². The zero-order valence-electron chi connectivity index (χ0n) is 11.9. The lowest BCUT2D eigenvalue weighted by Gasteiger charge is -2.21. The van der Waals surface area contributed by atoms with E-state index < -0.39 is 0 Å². The molecule has 3 amide bonds. The van der Waals surface area contributed by atoms with Crippen LogP contribution in [0.5, 0.6) is 0 Å². The van der Waals surface area contributed by atoms with Crippen molar-refractivity contribution in [2.45, 2.75) is 46.6 Å². The van der Waals surface area contributed by atoms with E-state index in [4.69, 9.17) is 0 Å². The van der Waals surface area contributed by atoms with Gasteiger partial charge in [-0.1, -0.05) is 13.8 Å². The van der Waals surface area contributed by atoms with Gasteiger partial charge in [-0.25, -0.2) is 4.79 Å². The largest absolute Gasteiger partial charge is 0.335 e. The van der Waals surface area contributed by atoms with Crippen LogP contribution < -0.4 is 5.32 Å². The van der Waals surface area contributed by atoms with Crippen molar-refractivity contribution >= 4 is 11.9 Å². The van der Waals surface area contributed by atoms with Gasteiger partial charge in [0.25, 0.3) is 0 Å². The monoisotopic (exact) mass is 255 g/mol. The average molecular weight is 255 g/mol. The van der Waals surface area contributed by atoms with Gasteiger partial charge in [0.05, 0.1) is 6.67 Å². The van der Waals surface area contributed by atoms with Crippen molar-refractivity contribution in [2.75, 3.05) is 19.8 Å². The molecule has 0 aromatic carbocycles. The van der Waals surface area contributed by atoms with Crippen molar-refractivity contribution in [3.05, 3.63) is 0 Å². The van der Waals surface area contributed by atoms with Crippen LogP contribution in [0.25, 0.3) is 0 Å². The molecule has 18 heavy (non-hydrogen) atoms. The number of likely N-dealkylation sites (N-methyl/N-ethyl adjacent to an activating group) is 1. The molecule has 0 aromatic rings. The maximum Gasteiger partial charge on any atom is 0.319 e. The van der Waals surface area contributed by atoms with Gasteiger partial charge >= 0.3 is 6.03 Å². The Balaban J connectivity index is 2.35. The lowest BCUT2D eigenvalue weighted by molar-refractivity contribution is -0.126. The van der Waals surface area contributed by atoms with E-state index in [9.17, 15) is 9.59 Å². The van der Waals surface area contributed by atoms with Crippen molar-refractivity contribution in [1.29, 1.82) is 0 Å². The lowest BCUT2D eigenvalue weighted by Crippen LogP contribution is -2.43. The quantitative estimate of drug-likeness (QED) is 0.812. The van der Waals surface area contributed by atoms with Crippen molar-refractivity contribution in [3.63, 3.8) is 0 Å². The van der Waals surface area contributed by atoms with Gasteiger partial charge in [-0.05, 0) is 32.6 Å². The number of carbonyl (C=O) groups is 2. The third-order valence-electron chi connectivity index (χ3n) is 3.24. The summed E-state index contributed by atoms with van der Waals surface area (Å²) in [7, 11) is 0. The first-order valence-corrected chi connectivity index (χ1v) is 6.77. The summed E-state index contributed by atoms with van der Waals surface area (Å²) in [6, 6.07) is 0.0289. The Bertz CT molecular complexity index is 305. The molecule has 0 saturated carbocycles. The first-order chi connectivity index (χ1) is 8.43. The number of hydrogen-bond donors (Lipinski definition) is 1. The Hall–Kier alpha value is -1.26. The van der Waals surface area contributed by atoms with Crippen molar-refractivity contribution in [2.24, 2.45) is 5.92 Å². The second kappa shape index (κ2) is 6.61. The molecule has 1 N–H and O–H groups in total. The fourth-order valence-corrected chi connectivity index (χ4v) is 1.97. The number of carbonyl (C=O) groups excluding carboxylic acids is 2. The fraction of sp³-hybridized carbons (Fsp3) is 0.846. The molecule has 5 nitrogen and oxygen atoms in total. The molecule has 1 fully saturated rings. The van der Waals surface area contributed by atoms with E-state index in [0.717, 1.165) is 12.8 Å². The van der Waals surface area contributed by atoms with E-state index in [1.807, 2.05) is 13.8 Å². The molecule has 1 aliphatic rings. The summed E-state index contributed by atoms with van der Waals surface area (Å²) in [6.45, 7) is 9.56.